The Morgan fingerprint density at radius 2 is 1.91 bits per heavy atom. The molecule has 0 spiro atoms. The zero-order valence-electron chi connectivity index (χ0n) is 12.0. The minimum atomic E-state index is -0.249. The quantitative estimate of drug-likeness (QED) is 0.918. The van der Waals surface area contributed by atoms with E-state index in [1.54, 1.807) is 24.3 Å². The second kappa shape index (κ2) is 5.81. The molecule has 1 aliphatic rings. The van der Waals surface area contributed by atoms with E-state index in [1.165, 1.54) is 11.9 Å². The van der Waals surface area contributed by atoms with E-state index in [0.29, 0.717) is 22.7 Å². The molecule has 0 saturated heterocycles. The van der Waals surface area contributed by atoms with Crippen molar-refractivity contribution in [1.82, 2.24) is 5.01 Å². The molecule has 0 bridgehead atoms. The van der Waals surface area contributed by atoms with E-state index in [9.17, 15) is 9.90 Å². The molecule has 5 heteroatoms. The van der Waals surface area contributed by atoms with Gasteiger partial charge < -0.3 is 5.11 Å². The molecule has 3 rings (SSSR count). The molecular weight excluding hydrogens is 300 g/mol. The summed E-state index contributed by atoms with van der Waals surface area (Å²) in [6.07, 6.45) is 0.515. The molecular formula is C17H15ClN2O2. The minimum Gasteiger partial charge on any atom is -0.507 e. The molecule has 4 nitrogen and oxygen atoms in total. The Morgan fingerprint density at radius 1 is 1.23 bits per heavy atom. The van der Waals surface area contributed by atoms with Crippen LogP contribution in [0, 0.1) is 0 Å². The smallest absolute Gasteiger partial charge is 0.240 e. The average Bonchev–Trinajstić information content (AvgIpc) is 2.93. The number of phenols is 1. The predicted octanol–water partition coefficient (Wildman–Crippen LogP) is 3.74. The van der Waals surface area contributed by atoms with Crippen molar-refractivity contribution in [3.63, 3.8) is 0 Å². The lowest BCUT2D eigenvalue weighted by atomic mass is 9.98. The summed E-state index contributed by atoms with van der Waals surface area (Å²) < 4.78 is 0. The van der Waals surface area contributed by atoms with Gasteiger partial charge in [0.25, 0.3) is 0 Å². The first kappa shape index (κ1) is 14.6. The van der Waals surface area contributed by atoms with Crippen LogP contribution in [0.25, 0.3) is 0 Å². The highest BCUT2D eigenvalue weighted by Crippen LogP contribution is 2.37. The molecule has 0 fully saturated rings. The number of phenolic OH excluding ortho intramolecular Hbond substituents is 1. The lowest BCUT2D eigenvalue weighted by molar-refractivity contribution is -0.130. The van der Waals surface area contributed by atoms with Crippen LogP contribution in [0.2, 0.25) is 5.02 Å². The number of hydrogen-bond acceptors (Lipinski definition) is 3. The number of amides is 1. The number of carbonyl (C=O) groups excluding carboxylic acids is 1. The average molecular weight is 315 g/mol. The molecule has 1 unspecified atom stereocenters. The fourth-order valence-electron chi connectivity index (χ4n) is 2.67. The maximum atomic E-state index is 11.9. The second-order valence-corrected chi connectivity index (χ2v) is 5.58. The van der Waals surface area contributed by atoms with Crippen LogP contribution in [-0.4, -0.2) is 21.7 Å². The number of halogens is 1. The van der Waals surface area contributed by atoms with E-state index in [-0.39, 0.29) is 17.7 Å². The Kier molecular flexibility index (Phi) is 3.86. The third-order valence-corrected chi connectivity index (χ3v) is 4.06. The van der Waals surface area contributed by atoms with Crippen LogP contribution in [-0.2, 0) is 4.79 Å². The second-order valence-electron chi connectivity index (χ2n) is 5.17. The van der Waals surface area contributed by atoms with Gasteiger partial charge in [-0.15, -0.1) is 0 Å². The third kappa shape index (κ3) is 2.57. The molecule has 1 N–H and O–H groups in total. The van der Waals surface area contributed by atoms with Crippen molar-refractivity contribution < 1.29 is 9.90 Å². The van der Waals surface area contributed by atoms with Crippen LogP contribution >= 0.6 is 11.6 Å². The van der Waals surface area contributed by atoms with Crippen molar-refractivity contribution in [2.75, 3.05) is 0 Å². The monoisotopic (exact) mass is 314 g/mol. The predicted molar refractivity (Wildman–Crippen MR) is 86.0 cm³/mol. The lowest BCUT2D eigenvalue weighted by Gasteiger charge is -2.21. The fraction of sp³-hybridized carbons (Fsp3) is 0.176. The highest BCUT2D eigenvalue weighted by atomic mass is 35.5. The highest BCUT2D eigenvalue weighted by molar-refractivity contribution is 6.31. The largest absolute Gasteiger partial charge is 0.507 e. The summed E-state index contributed by atoms with van der Waals surface area (Å²) in [7, 11) is 0. The first-order chi connectivity index (χ1) is 10.6. The molecule has 22 heavy (non-hydrogen) atoms. The van der Waals surface area contributed by atoms with Crippen molar-refractivity contribution in [2.45, 2.75) is 19.4 Å². The fourth-order valence-corrected chi connectivity index (χ4v) is 2.93. The molecule has 2 aromatic rings. The van der Waals surface area contributed by atoms with Gasteiger partial charge in [0.1, 0.15) is 5.75 Å². The van der Waals surface area contributed by atoms with Gasteiger partial charge in [0.2, 0.25) is 5.91 Å². The summed E-state index contributed by atoms with van der Waals surface area (Å²) >= 11 is 6.26. The standard InChI is InChI=1S/C17H15ClN2O2/c1-11(21)20-16(12-6-2-4-8-14(12)18)10-15(19-20)13-7-3-5-9-17(13)22/h2-9,16,22H,10H2,1H3. The number of hydrogen-bond donors (Lipinski definition) is 1. The molecule has 1 heterocycles. The van der Waals surface area contributed by atoms with Gasteiger partial charge in [-0.25, -0.2) is 5.01 Å². The van der Waals surface area contributed by atoms with Crippen molar-refractivity contribution in [3.8, 4) is 5.75 Å². The van der Waals surface area contributed by atoms with Gasteiger partial charge in [-0.2, -0.15) is 5.10 Å². The lowest BCUT2D eigenvalue weighted by Crippen LogP contribution is -2.24. The van der Waals surface area contributed by atoms with E-state index in [2.05, 4.69) is 5.10 Å². The minimum absolute atomic E-state index is 0.157. The first-order valence-corrected chi connectivity index (χ1v) is 7.36. The number of benzene rings is 2. The van der Waals surface area contributed by atoms with E-state index in [1.807, 2.05) is 24.3 Å². The Hall–Kier alpha value is -2.33. The zero-order valence-corrected chi connectivity index (χ0v) is 12.8. The maximum absolute atomic E-state index is 11.9. The summed E-state index contributed by atoms with van der Waals surface area (Å²) in [5.74, 6) is -0.0000914. The van der Waals surface area contributed by atoms with Gasteiger partial charge in [0, 0.05) is 23.9 Å². The number of para-hydroxylation sites is 1. The number of carbonyl (C=O) groups is 1. The van der Waals surface area contributed by atoms with Crippen LogP contribution in [0.1, 0.15) is 30.5 Å². The summed E-state index contributed by atoms with van der Waals surface area (Å²) in [5, 5.41) is 16.4. The Balaban J connectivity index is 2.01. The van der Waals surface area contributed by atoms with Gasteiger partial charge in [-0.05, 0) is 23.8 Å². The van der Waals surface area contributed by atoms with Crippen molar-refractivity contribution in [2.24, 2.45) is 5.10 Å². The van der Waals surface area contributed by atoms with Crippen LogP contribution in [0.15, 0.2) is 53.6 Å². The molecule has 2 aromatic carbocycles. The topological polar surface area (TPSA) is 52.9 Å². The van der Waals surface area contributed by atoms with Crippen molar-refractivity contribution in [1.29, 1.82) is 0 Å². The summed E-state index contributed by atoms with van der Waals surface area (Å²) in [6, 6.07) is 14.2. The maximum Gasteiger partial charge on any atom is 0.240 e. The van der Waals surface area contributed by atoms with Crippen molar-refractivity contribution >= 4 is 23.2 Å². The van der Waals surface area contributed by atoms with Crippen molar-refractivity contribution in [3.05, 3.63) is 64.7 Å². The third-order valence-electron chi connectivity index (χ3n) is 3.71. The normalized spacial score (nSPS) is 17.5. The molecule has 1 aliphatic heterocycles. The van der Waals surface area contributed by atoms with Crippen LogP contribution < -0.4 is 0 Å². The summed E-state index contributed by atoms with van der Waals surface area (Å²) in [6.45, 7) is 1.47. The Bertz CT molecular complexity index is 758. The number of nitrogens with zero attached hydrogens (tertiary/aromatic N) is 2. The molecule has 0 saturated carbocycles. The first-order valence-electron chi connectivity index (χ1n) is 6.98. The van der Waals surface area contributed by atoms with E-state index >= 15 is 0 Å². The number of rotatable bonds is 2. The molecule has 1 amide bonds. The van der Waals surface area contributed by atoms with Crippen LogP contribution in [0.3, 0.4) is 0 Å². The summed E-state index contributed by atoms with van der Waals surface area (Å²) in [4.78, 5) is 11.9. The van der Waals surface area contributed by atoms with Crippen LogP contribution in [0.5, 0.6) is 5.75 Å². The van der Waals surface area contributed by atoms with Gasteiger partial charge in [0.05, 0.1) is 11.8 Å². The Morgan fingerprint density at radius 3 is 2.59 bits per heavy atom. The van der Waals surface area contributed by atoms with E-state index in [4.69, 9.17) is 11.6 Å². The summed E-state index contributed by atoms with van der Waals surface area (Å²) in [5.41, 5.74) is 2.18. The van der Waals surface area contributed by atoms with Gasteiger partial charge in [-0.1, -0.05) is 41.9 Å². The van der Waals surface area contributed by atoms with Gasteiger partial charge in [0.15, 0.2) is 0 Å². The SMILES string of the molecule is CC(=O)N1N=C(c2ccccc2O)CC1c1ccccc1Cl. The Labute approximate surface area is 133 Å². The molecule has 0 aromatic heterocycles. The number of aromatic hydroxyl groups is 1. The highest BCUT2D eigenvalue weighted by Gasteiger charge is 2.33. The van der Waals surface area contributed by atoms with E-state index in [0.717, 1.165) is 5.56 Å². The molecule has 0 radical (unpaired) electrons. The van der Waals surface area contributed by atoms with E-state index < -0.39 is 0 Å². The number of hydrazone groups is 1. The molecule has 0 aliphatic carbocycles. The molecule has 112 valence electrons. The molecule has 1 atom stereocenters. The van der Waals surface area contributed by atoms with Gasteiger partial charge in [-0.3, -0.25) is 4.79 Å². The van der Waals surface area contributed by atoms with Gasteiger partial charge >= 0.3 is 0 Å². The zero-order chi connectivity index (χ0) is 15.7. The van der Waals surface area contributed by atoms with Crippen LogP contribution in [0.4, 0.5) is 0 Å².